The van der Waals surface area contributed by atoms with E-state index >= 15 is 0 Å². The summed E-state index contributed by atoms with van der Waals surface area (Å²) < 4.78 is 18.6. The Kier molecular flexibility index (Phi) is 5.53. The van der Waals surface area contributed by atoms with Crippen LogP contribution in [-0.4, -0.2) is 12.5 Å². The number of carbonyl (C=O) groups is 1. The van der Waals surface area contributed by atoms with E-state index in [2.05, 4.69) is 19.2 Å². The van der Waals surface area contributed by atoms with Crippen molar-refractivity contribution in [1.29, 1.82) is 0 Å². The molecule has 1 N–H and O–H groups in total. The maximum absolute atomic E-state index is 13.4. The van der Waals surface area contributed by atoms with Gasteiger partial charge in [0.15, 0.2) is 11.6 Å². The fourth-order valence-electron chi connectivity index (χ4n) is 2.01. The number of hydrogen-bond acceptors (Lipinski definition) is 2. The van der Waals surface area contributed by atoms with Gasteiger partial charge in [-0.1, -0.05) is 38.1 Å². The van der Waals surface area contributed by atoms with Gasteiger partial charge in [0.05, 0.1) is 13.0 Å². The van der Waals surface area contributed by atoms with E-state index in [9.17, 15) is 9.18 Å². The van der Waals surface area contributed by atoms with Gasteiger partial charge in [0.2, 0.25) is 5.91 Å². The highest BCUT2D eigenvalue weighted by atomic mass is 19.1. The number of carbonyl (C=O) groups excluding carboxylic acids is 1. The van der Waals surface area contributed by atoms with Crippen molar-refractivity contribution in [2.45, 2.75) is 26.2 Å². The van der Waals surface area contributed by atoms with Crippen molar-refractivity contribution in [3.8, 4) is 5.75 Å². The summed E-state index contributed by atoms with van der Waals surface area (Å²) in [6.07, 6.45) is 0.167. The van der Waals surface area contributed by atoms with Crippen molar-refractivity contribution < 1.29 is 13.9 Å². The van der Waals surface area contributed by atoms with Gasteiger partial charge in [0.25, 0.3) is 0 Å². The van der Waals surface area contributed by atoms with Crippen molar-refractivity contribution in [2.24, 2.45) is 0 Å². The quantitative estimate of drug-likeness (QED) is 0.861. The lowest BCUT2D eigenvalue weighted by Crippen LogP contribution is -2.15. The van der Waals surface area contributed by atoms with Crippen LogP contribution in [0.1, 0.15) is 31.7 Å². The molecular weight excluding hydrogens is 281 g/mol. The van der Waals surface area contributed by atoms with Crippen LogP contribution in [0, 0.1) is 5.82 Å². The average molecular weight is 301 g/mol. The molecule has 0 atom stereocenters. The van der Waals surface area contributed by atoms with Crippen LogP contribution in [0.5, 0.6) is 5.75 Å². The van der Waals surface area contributed by atoms with E-state index in [-0.39, 0.29) is 24.7 Å². The fourth-order valence-corrected chi connectivity index (χ4v) is 2.01. The smallest absolute Gasteiger partial charge is 0.227 e. The predicted octanol–water partition coefficient (Wildman–Crippen LogP) is 4.36. The normalized spacial score (nSPS) is 10.5. The first kappa shape index (κ1) is 16.0. The Morgan fingerprint density at radius 3 is 2.68 bits per heavy atom. The molecule has 0 spiro atoms. The number of hydrogen-bond donors (Lipinski definition) is 1. The monoisotopic (exact) mass is 301 g/mol. The molecule has 3 nitrogen and oxygen atoms in total. The third-order valence-electron chi connectivity index (χ3n) is 3.26. The van der Waals surface area contributed by atoms with Crippen LogP contribution in [0.25, 0.3) is 0 Å². The maximum atomic E-state index is 13.4. The first-order valence-electron chi connectivity index (χ1n) is 7.33. The zero-order valence-corrected chi connectivity index (χ0v) is 12.8. The number of benzene rings is 2. The van der Waals surface area contributed by atoms with Crippen LogP contribution in [0.4, 0.5) is 10.1 Å². The molecular formula is C18H20FNO2. The Morgan fingerprint density at radius 2 is 1.95 bits per heavy atom. The first-order valence-corrected chi connectivity index (χ1v) is 7.33. The Morgan fingerprint density at radius 1 is 1.18 bits per heavy atom. The van der Waals surface area contributed by atoms with Crippen molar-refractivity contribution >= 4 is 11.6 Å². The van der Waals surface area contributed by atoms with E-state index in [0.29, 0.717) is 5.92 Å². The summed E-state index contributed by atoms with van der Waals surface area (Å²) in [4.78, 5) is 11.9. The molecule has 0 aliphatic rings. The highest BCUT2D eigenvalue weighted by Crippen LogP contribution is 2.19. The summed E-state index contributed by atoms with van der Waals surface area (Å²) in [5.41, 5.74) is 1.93. The Labute approximate surface area is 130 Å². The second-order valence-electron chi connectivity index (χ2n) is 5.36. The van der Waals surface area contributed by atoms with E-state index in [1.165, 1.54) is 11.6 Å². The van der Waals surface area contributed by atoms with Crippen molar-refractivity contribution in [2.75, 3.05) is 11.9 Å². The third kappa shape index (κ3) is 4.58. The first-order chi connectivity index (χ1) is 10.6. The number of rotatable bonds is 6. The highest BCUT2D eigenvalue weighted by Gasteiger charge is 2.06. The number of halogens is 1. The van der Waals surface area contributed by atoms with E-state index in [1.807, 2.05) is 24.3 Å². The van der Waals surface area contributed by atoms with Gasteiger partial charge < -0.3 is 10.1 Å². The molecule has 2 aromatic rings. The second kappa shape index (κ2) is 7.59. The number of nitrogens with one attached hydrogen (secondary N) is 1. The molecule has 0 bridgehead atoms. The molecule has 2 aromatic carbocycles. The molecule has 0 saturated carbocycles. The van der Waals surface area contributed by atoms with Crippen molar-refractivity contribution in [3.63, 3.8) is 0 Å². The Balaban J connectivity index is 1.83. The number of para-hydroxylation sites is 1. The Hall–Kier alpha value is -2.36. The third-order valence-corrected chi connectivity index (χ3v) is 3.26. The molecule has 0 heterocycles. The lowest BCUT2D eigenvalue weighted by molar-refractivity contribution is -0.116. The van der Waals surface area contributed by atoms with Crippen LogP contribution in [0.3, 0.4) is 0 Å². The van der Waals surface area contributed by atoms with E-state index in [1.54, 1.807) is 18.2 Å². The molecule has 1 amide bonds. The molecule has 0 fully saturated rings. The minimum atomic E-state index is -0.424. The molecule has 22 heavy (non-hydrogen) atoms. The van der Waals surface area contributed by atoms with Crippen LogP contribution < -0.4 is 10.1 Å². The summed E-state index contributed by atoms with van der Waals surface area (Å²) >= 11 is 0. The van der Waals surface area contributed by atoms with Gasteiger partial charge in [-0.25, -0.2) is 4.39 Å². The minimum Gasteiger partial charge on any atom is -0.490 e. The molecule has 2 rings (SSSR count). The lowest BCUT2D eigenvalue weighted by Gasteiger charge is -2.10. The molecule has 0 unspecified atom stereocenters. The summed E-state index contributed by atoms with van der Waals surface area (Å²) in [7, 11) is 0. The minimum absolute atomic E-state index is 0.136. The zero-order chi connectivity index (χ0) is 15.9. The van der Waals surface area contributed by atoms with Crippen LogP contribution in [-0.2, 0) is 4.79 Å². The number of amides is 1. The lowest BCUT2D eigenvalue weighted by atomic mass is 10.0. The number of ether oxygens (including phenoxy) is 1. The number of anilines is 1. The molecule has 0 radical (unpaired) electrons. The van der Waals surface area contributed by atoms with E-state index in [4.69, 9.17) is 4.74 Å². The summed E-state index contributed by atoms with van der Waals surface area (Å²) in [6.45, 7) is 4.34. The van der Waals surface area contributed by atoms with Crippen LogP contribution >= 0.6 is 0 Å². The molecule has 4 heteroatoms. The van der Waals surface area contributed by atoms with Gasteiger partial charge in [-0.15, -0.1) is 0 Å². The van der Waals surface area contributed by atoms with Gasteiger partial charge in [0.1, 0.15) is 0 Å². The van der Waals surface area contributed by atoms with E-state index < -0.39 is 5.82 Å². The molecule has 0 saturated heterocycles. The largest absolute Gasteiger partial charge is 0.490 e. The summed E-state index contributed by atoms with van der Waals surface area (Å²) in [6, 6.07) is 13.9. The topological polar surface area (TPSA) is 38.3 Å². The zero-order valence-electron chi connectivity index (χ0n) is 12.8. The van der Waals surface area contributed by atoms with Gasteiger partial charge in [-0.05, 0) is 35.7 Å². The van der Waals surface area contributed by atoms with Gasteiger partial charge >= 0.3 is 0 Å². The standard InChI is InChI=1S/C18H20FNO2/c1-13(2)14-6-5-7-15(12-14)20-18(21)10-11-22-17-9-4-3-8-16(17)19/h3-9,12-13H,10-11H2,1-2H3,(H,20,21). The van der Waals surface area contributed by atoms with Crippen molar-refractivity contribution in [3.05, 3.63) is 59.9 Å². The molecule has 116 valence electrons. The second-order valence-corrected chi connectivity index (χ2v) is 5.36. The summed E-state index contributed by atoms with van der Waals surface area (Å²) in [5, 5.41) is 2.83. The maximum Gasteiger partial charge on any atom is 0.227 e. The average Bonchev–Trinajstić information content (AvgIpc) is 2.49. The predicted molar refractivity (Wildman–Crippen MR) is 85.7 cm³/mol. The molecule has 0 aliphatic heterocycles. The SMILES string of the molecule is CC(C)c1cccc(NC(=O)CCOc2ccccc2F)c1. The fraction of sp³-hybridized carbons (Fsp3) is 0.278. The van der Waals surface area contributed by atoms with Crippen LogP contribution in [0.2, 0.25) is 0 Å². The van der Waals surface area contributed by atoms with Gasteiger partial charge in [-0.3, -0.25) is 4.79 Å². The summed E-state index contributed by atoms with van der Waals surface area (Å²) in [5.74, 6) is -0.0110. The molecule has 0 aromatic heterocycles. The highest BCUT2D eigenvalue weighted by molar-refractivity contribution is 5.90. The van der Waals surface area contributed by atoms with Gasteiger partial charge in [-0.2, -0.15) is 0 Å². The van der Waals surface area contributed by atoms with Crippen LogP contribution in [0.15, 0.2) is 48.5 Å². The Bertz CT molecular complexity index is 640. The van der Waals surface area contributed by atoms with Gasteiger partial charge in [0, 0.05) is 5.69 Å². The van der Waals surface area contributed by atoms with Crippen molar-refractivity contribution in [1.82, 2.24) is 0 Å². The molecule has 0 aliphatic carbocycles. The van der Waals surface area contributed by atoms with E-state index in [0.717, 1.165) is 5.69 Å².